The van der Waals surface area contributed by atoms with Crippen molar-refractivity contribution in [3.05, 3.63) is 69.5 Å². The molecule has 0 aliphatic rings. The Balaban J connectivity index is 1.94. The highest BCUT2D eigenvalue weighted by Gasteiger charge is 2.17. The van der Waals surface area contributed by atoms with E-state index in [1.165, 1.54) is 18.1 Å². The summed E-state index contributed by atoms with van der Waals surface area (Å²) in [5, 5.41) is 13.0. The van der Waals surface area contributed by atoms with Gasteiger partial charge in [0.1, 0.15) is 0 Å². The number of carbonyl (C=O) groups is 1. The number of amides is 1. The summed E-state index contributed by atoms with van der Waals surface area (Å²) in [6, 6.07) is 13.6. The summed E-state index contributed by atoms with van der Waals surface area (Å²) in [4.78, 5) is 11.3. The fourth-order valence-electron chi connectivity index (χ4n) is 2.57. The summed E-state index contributed by atoms with van der Waals surface area (Å²) in [6.07, 6.45) is 0. The highest BCUT2D eigenvalue weighted by Crippen LogP contribution is 2.30. The average molecular weight is 421 g/mol. The van der Waals surface area contributed by atoms with Crippen LogP contribution in [0.2, 0.25) is 10.0 Å². The normalized spacial score (nSPS) is 10.8. The maximum atomic E-state index is 11.3. The molecule has 0 radical (unpaired) electrons. The third-order valence-electron chi connectivity index (χ3n) is 3.80. The maximum Gasteiger partial charge on any atom is 0.217 e. The van der Waals surface area contributed by atoms with Crippen molar-refractivity contribution in [1.29, 1.82) is 0 Å². The van der Waals surface area contributed by atoms with Gasteiger partial charge >= 0.3 is 0 Å². The number of aromatic nitrogens is 3. The van der Waals surface area contributed by atoms with Crippen LogP contribution in [0.3, 0.4) is 0 Å². The number of hydrogen-bond donors (Lipinski definition) is 1. The summed E-state index contributed by atoms with van der Waals surface area (Å²) >= 11 is 14.0. The quantitative estimate of drug-likeness (QED) is 0.581. The van der Waals surface area contributed by atoms with Crippen molar-refractivity contribution in [2.45, 2.75) is 31.3 Å². The molecule has 8 heteroatoms. The summed E-state index contributed by atoms with van der Waals surface area (Å²) < 4.78 is 1.86. The van der Waals surface area contributed by atoms with Gasteiger partial charge in [-0.3, -0.25) is 9.36 Å². The van der Waals surface area contributed by atoms with Crippen LogP contribution < -0.4 is 5.32 Å². The Labute approximate surface area is 172 Å². The Kier molecular flexibility index (Phi) is 6.42. The molecule has 140 valence electrons. The van der Waals surface area contributed by atoms with E-state index in [1.807, 2.05) is 16.7 Å². The first-order chi connectivity index (χ1) is 12.9. The summed E-state index contributed by atoms with van der Waals surface area (Å²) in [6.45, 7) is 3.78. The number of carbonyl (C=O) groups excluding carboxylic acids is 1. The number of thioether (sulfide) groups is 1. The van der Waals surface area contributed by atoms with Crippen LogP contribution in [0.5, 0.6) is 0 Å². The second kappa shape index (κ2) is 8.78. The molecule has 3 rings (SSSR count). The van der Waals surface area contributed by atoms with Crippen molar-refractivity contribution in [2.75, 3.05) is 0 Å². The third kappa shape index (κ3) is 5.03. The van der Waals surface area contributed by atoms with E-state index in [2.05, 4.69) is 40.6 Å². The molecule has 0 aliphatic carbocycles. The zero-order valence-corrected chi connectivity index (χ0v) is 17.2. The van der Waals surface area contributed by atoms with E-state index in [-0.39, 0.29) is 12.5 Å². The molecule has 1 aromatic heterocycles. The highest BCUT2D eigenvalue weighted by atomic mass is 35.5. The molecule has 0 fully saturated rings. The van der Waals surface area contributed by atoms with E-state index in [4.69, 9.17) is 23.2 Å². The van der Waals surface area contributed by atoms with Crippen molar-refractivity contribution >= 4 is 40.9 Å². The molecule has 2 aromatic carbocycles. The third-order valence-corrected chi connectivity index (χ3v) is 5.33. The van der Waals surface area contributed by atoms with Crippen molar-refractivity contribution in [3.8, 4) is 5.69 Å². The lowest BCUT2D eigenvalue weighted by molar-refractivity contribution is -0.119. The van der Waals surface area contributed by atoms with E-state index in [0.29, 0.717) is 21.0 Å². The molecule has 0 bridgehead atoms. The van der Waals surface area contributed by atoms with Crippen molar-refractivity contribution in [2.24, 2.45) is 0 Å². The lowest BCUT2D eigenvalue weighted by Gasteiger charge is -2.12. The number of hydrogen-bond acceptors (Lipinski definition) is 4. The fourth-order valence-corrected chi connectivity index (χ4v) is 3.97. The lowest BCUT2D eigenvalue weighted by atomic mass is 10.2. The van der Waals surface area contributed by atoms with Crippen LogP contribution in [0.1, 0.15) is 23.9 Å². The van der Waals surface area contributed by atoms with Crippen LogP contribution in [0, 0.1) is 6.92 Å². The SMILES string of the molecule is CC(=O)NCc1nnc(SCc2cccc(C)c2)n1-c1ccc(Cl)cc1Cl. The van der Waals surface area contributed by atoms with Crippen LogP contribution in [-0.4, -0.2) is 20.7 Å². The number of benzene rings is 2. The first-order valence-electron chi connectivity index (χ1n) is 8.26. The van der Waals surface area contributed by atoms with Gasteiger partial charge in [-0.2, -0.15) is 0 Å². The van der Waals surface area contributed by atoms with Gasteiger partial charge in [0.25, 0.3) is 0 Å². The predicted molar refractivity (Wildman–Crippen MR) is 110 cm³/mol. The van der Waals surface area contributed by atoms with Gasteiger partial charge in [-0.15, -0.1) is 10.2 Å². The van der Waals surface area contributed by atoms with E-state index in [9.17, 15) is 4.79 Å². The van der Waals surface area contributed by atoms with Gasteiger partial charge in [0, 0.05) is 17.7 Å². The van der Waals surface area contributed by atoms with E-state index >= 15 is 0 Å². The minimum atomic E-state index is -0.138. The summed E-state index contributed by atoms with van der Waals surface area (Å²) in [5.74, 6) is 1.20. The minimum Gasteiger partial charge on any atom is -0.349 e. The Morgan fingerprint density at radius 2 is 2.00 bits per heavy atom. The molecule has 0 saturated heterocycles. The monoisotopic (exact) mass is 420 g/mol. The van der Waals surface area contributed by atoms with Gasteiger partial charge in [-0.25, -0.2) is 0 Å². The first-order valence-corrected chi connectivity index (χ1v) is 10.0. The van der Waals surface area contributed by atoms with Crippen LogP contribution in [0.4, 0.5) is 0 Å². The van der Waals surface area contributed by atoms with Crippen LogP contribution in [-0.2, 0) is 17.1 Å². The van der Waals surface area contributed by atoms with Gasteiger partial charge in [0.05, 0.1) is 17.3 Å². The molecule has 0 aliphatic heterocycles. The standard InChI is InChI=1S/C19H18Cl2N4OS/c1-12-4-3-5-14(8-12)11-27-19-24-23-18(10-22-13(2)26)25(19)17-7-6-15(20)9-16(17)21/h3-9H,10-11H2,1-2H3,(H,22,26). The van der Waals surface area contributed by atoms with Gasteiger partial charge in [-0.05, 0) is 30.7 Å². The molecule has 5 nitrogen and oxygen atoms in total. The average Bonchev–Trinajstić information content (AvgIpc) is 3.01. The van der Waals surface area contributed by atoms with Gasteiger partial charge in [-0.1, -0.05) is 64.8 Å². The number of rotatable bonds is 6. The molecule has 0 atom stereocenters. The Hall–Kier alpha value is -2.02. The largest absolute Gasteiger partial charge is 0.349 e. The lowest BCUT2D eigenvalue weighted by Crippen LogP contribution is -2.21. The van der Waals surface area contributed by atoms with Crippen LogP contribution in [0.15, 0.2) is 47.6 Å². The molecule has 0 spiro atoms. The Bertz CT molecular complexity index is 974. The molecule has 1 amide bonds. The van der Waals surface area contributed by atoms with Crippen molar-refractivity contribution < 1.29 is 4.79 Å². The van der Waals surface area contributed by atoms with Crippen LogP contribution >= 0.6 is 35.0 Å². The van der Waals surface area contributed by atoms with Gasteiger partial charge in [0.2, 0.25) is 5.91 Å². The van der Waals surface area contributed by atoms with E-state index in [1.54, 1.807) is 23.9 Å². The van der Waals surface area contributed by atoms with E-state index < -0.39 is 0 Å². The number of halogens is 2. The van der Waals surface area contributed by atoms with Crippen LogP contribution in [0.25, 0.3) is 5.69 Å². The zero-order valence-electron chi connectivity index (χ0n) is 14.9. The Morgan fingerprint density at radius 3 is 2.70 bits per heavy atom. The van der Waals surface area contributed by atoms with E-state index in [0.717, 1.165) is 11.4 Å². The molecule has 1 heterocycles. The molecular formula is C19H18Cl2N4OS. The highest BCUT2D eigenvalue weighted by molar-refractivity contribution is 7.98. The molecule has 0 unspecified atom stereocenters. The number of aryl methyl sites for hydroxylation is 1. The molecular weight excluding hydrogens is 403 g/mol. The summed E-state index contributed by atoms with van der Waals surface area (Å²) in [5.41, 5.74) is 3.12. The topological polar surface area (TPSA) is 59.8 Å². The zero-order chi connectivity index (χ0) is 19.4. The van der Waals surface area contributed by atoms with Crippen molar-refractivity contribution in [1.82, 2.24) is 20.1 Å². The number of nitrogens with one attached hydrogen (secondary N) is 1. The predicted octanol–water partition coefficient (Wildman–Crippen LogP) is 4.81. The molecule has 1 N–H and O–H groups in total. The minimum absolute atomic E-state index is 0.138. The van der Waals surface area contributed by atoms with Gasteiger partial charge < -0.3 is 5.32 Å². The smallest absolute Gasteiger partial charge is 0.217 e. The summed E-state index contributed by atoms with van der Waals surface area (Å²) in [7, 11) is 0. The first kappa shape index (κ1) is 19.7. The maximum absolute atomic E-state index is 11.3. The molecule has 0 saturated carbocycles. The second-order valence-electron chi connectivity index (χ2n) is 6.02. The van der Waals surface area contributed by atoms with Crippen molar-refractivity contribution in [3.63, 3.8) is 0 Å². The molecule has 3 aromatic rings. The van der Waals surface area contributed by atoms with Gasteiger partial charge in [0.15, 0.2) is 11.0 Å². The Morgan fingerprint density at radius 1 is 1.19 bits per heavy atom. The number of nitrogens with zero attached hydrogens (tertiary/aromatic N) is 3. The molecule has 27 heavy (non-hydrogen) atoms. The fraction of sp³-hybridized carbons (Fsp3) is 0.211. The second-order valence-corrected chi connectivity index (χ2v) is 7.80.